The molecule has 0 saturated carbocycles. The van der Waals surface area contributed by atoms with E-state index in [4.69, 9.17) is 0 Å². The van der Waals surface area contributed by atoms with Gasteiger partial charge in [0, 0.05) is 44.8 Å². The molecule has 1 saturated heterocycles. The largest absolute Gasteiger partial charge is 0.416 e. The highest BCUT2D eigenvalue weighted by molar-refractivity contribution is 5.95. The van der Waals surface area contributed by atoms with Crippen molar-refractivity contribution in [3.8, 4) is 0 Å². The number of piperazine rings is 1. The smallest absolute Gasteiger partial charge is 0.340 e. The van der Waals surface area contributed by atoms with Gasteiger partial charge in [-0.2, -0.15) is 26.3 Å². The molecule has 0 bridgehead atoms. The Morgan fingerprint density at radius 3 is 2.02 bits per heavy atom. The fraction of sp³-hybridized carbons (Fsp3) is 0.375. The standard InChI is InChI=1S/C32H33F6N3O2/c1-21-9-10-24(13-22(21)2)14-28-19-40(20-29(42)39(3)18-23-7-5-4-6-8-23)11-12-41(28)30(43)25-15-26(31(33,34)35)17-27(16-25)32(36,37)38/h4-10,13,15-17,28H,11-12,14,18-20H2,1-3H3/t28-/m1/s1. The summed E-state index contributed by atoms with van der Waals surface area (Å²) in [5.74, 6) is -1.07. The van der Waals surface area contributed by atoms with Crippen molar-refractivity contribution in [2.24, 2.45) is 0 Å². The van der Waals surface area contributed by atoms with E-state index in [-0.39, 0.29) is 38.2 Å². The summed E-state index contributed by atoms with van der Waals surface area (Å²) in [6, 6.07) is 15.6. The summed E-state index contributed by atoms with van der Waals surface area (Å²) in [6.45, 7) is 4.80. The fourth-order valence-electron chi connectivity index (χ4n) is 5.21. The van der Waals surface area contributed by atoms with Crippen molar-refractivity contribution < 1.29 is 35.9 Å². The predicted molar refractivity (Wildman–Crippen MR) is 150 cm³/mol. The van der Waals surface area contributed by atoms with Gasteiger partial charge in [-0.15, -0.1) is 0 Å². The molecule has 0 aromatic heterocycles. The first-order valence-corrected chi connectivity index (χ1v) is 13.8. The van der Waals surface area contributed by atoms with Gasteiger partial charge in [-0.25, -0.2) is 0 Å². The minimum atomic E-state index is -5.07. The zero-order valence-electron chi connectivity index (χ0n) is 24.1. The zero-order chi connectivity index (χ0) is 31.5. The molecule has 43 heavy (non-hydrogen) atoms. The van der Waals surface area contributed by atoms with Crippen LogP contribution in [0.2, 0.25) is 0 Å². The lowest BCUT2D eigenvalue weighted by molar-refractivity contribution is -0.143. The van der Waals surface area contributed by atoms with Gasteiger partial charge < -0.3 is 9.80 Å². The second kappa shape index (κ2) is 12.8. The SMILES string of the molecule is Cc1ccc(C[C@@H]2CN(CC(=O)N(C)Cc3ccccc3)CCN2C(=O)c2cc(C(F)(F)F)cc(C(F)(F)F)c2)cc1C. The number of aryl methyl sites for hydroxylation is 2. The van der Waals surface area contributed by atoms with Gasteiger partial charge in [-0.05, 0) is 60.7 Å². The highest BCUT2D eigenvalue weighted by atomic mass is 19.4. The van der Waals surface area contributed by atoms with Crippen LogP contribution in [0.1, 0.15) is 43.7 Å². The number of hydrogen-bond donors (Lipinski definition) is 0. The summed E-state index contributed by atoms with van der Waals surface area (Å²) in [7, 11) is 1.69. The average molecular weight is 606 g/mol. The van der Waals surface area contributed by atoms with E-state index in [9.17, 15) is 35.9 Å². The number of nitrogens with zero attached hydrogens (tertiary/aromatic N) is 3. The van der Waals surface area contributed by atoms with Crippen LogP contribution >= 0.6 is 0 Å². The molecular formula is C32H33F6N3O2. The number of benzene rings is 3. The van der Waals surface area contributed by atoms with Crippen molar-refractivity contribution in [3.05, 3.63) is 106 Å². The first-order chi connectivity index (χ1) is 20.1. The summed E-state index contributed by atoms with van der Waals surface area (Å²) >= 11 is 0. The number of hydrogen-bond acceptors (Lipinski definition) is 3. The average Bonchev–Trinajstić information content (AvgIpc) is 2.94. The number of carbonyl (C=O) groups is 2. The maximum atomic E-state index is 13.6. The number of rotatable bonds is 7. The minimum absolute atomic E-state index is 0.0127. The van der Waals surface area contributed by atoms with Crippen LogP contribution < -0.4 is 0 Å². The molecule has 0 N–H and O–H groups in total. The van der Waals surface area contributed by atoms with Crippen LogP contribution in [0.3, 0.4) is 0 Å². The van der Waals surface area contributed by atoms with Gasteiger partial charge in [0.1, 0.15) is 0 Å². The number of amides is 2. The van der Waals surface area contributed by atoms with Crippen LogP contribution in [0.15, 0.2) is 66.7 Å². The molecular weight excluding hydrogens is 572 g/mol. The van der Waals surface area contributed by atoms with Crippen molar-refractivity contribution in [3.63, 3.8) is 0 Å². The van der Waals surface area contributed by atoms with E-state index in [1.165, 1.54) is 4.90 Å². The van der Waals surface area contributed by atoms with Crippen molar-refractivity contribution in [1.82, 2.24) is 14.7 Å². The van der Waals surface area contributed by atoms with Gasteiger partial charge >= 0.3 is 12.4 Å². The molecule has 230 valence electrons. The third-order valence-electron chi connectivity index (χ3n) is 7.75. The van der Waals surface area contributed by atoms with Crippen LogP contribution in [0, 0.1) is 13.8 Å². The number of carbonyl (C=O) groups excluding carboxylic acids is 2. The van der Waals surface area contributed by atoms with Gasteiger partial charge in [-0.3, -0.25) is 14.5 Å². The molecule has 3 aromatic carbocycles. The Morgan fingerprint density at radius 1 is 0.814 bits per heavy atom. The lowest BCUT2D eigenvalue weighted by Gasteiger charge is -2.42. The molecule has 2 amide bonds. The fourth-order valence-corrected chi connectivity index (χ4v) is 5.21. The van der Waals surface area contributed by atoms with Gasteiger partial charge in [0.15, 0.2) is 0 Å². The monoisotopic (exact) mass is 605 g/mol. The second-order valence-corrected chi connectivity index (χ2v) is 11.0. The van der Waals surface area contributed by atoms with E-state index >= 15 is 0 Å². The van der Waals surface area contributed by atoms with E-state index in [2.05, 4.69) is 0 Å². The Balaban J connectivity index is 1.59. The number of alkyl halides is 6. The molecule has 0 aliphatic carbocycles. The van der Waals surface area contributed by atoms with Crippen LogP contribution in [0.5, 0.6) is 0 Å². The third kappa shape index (κ3) is 8.16. The molecule has 1 aliphatic rings. The zero-order valence-corrected chi connectivity index (χ0v) is 24.1. The lowest BCUT2D eigenvalue weighted by atomic mass is 9.97. The normalized spacial score (nSPS) is 16.3. The molecule has 11 heteroatoms. The molecule has 0 radical (unpaired) electrons. The highest BCUT2D eigenvalue weighted by Gasteiger charge is 2.39. The maximum Gasteiger partial charge on any atom is 0.416 e. The summed E-state index contributed by atoms with van der Waals surface area (Å²) in [4.78, 5) is 31.5. The van der Waals surface area contributed by atoms with Crippen molar-refractivity contribution in [2.45, 2.75) is 45.2 Å². The van der Waals surface area contributed by atoms with Crippen LogP contribution in [-0.4, -0.2) is 65.8 Å². The summed E-state index contributed by atoms with van der Waals surface area (Å²) in [5, 5.41) is 0. The Kier molecular flexibility index (Phi) is 9.54. The Hall–Kier alpha value is -3.86. The first kappa shape index (κ1) is 32.1. The van der Waals surface area contributed by atoms with Crippen LogP contribution in [-0.2, 0) is 30.1 Å². The Morgan fingerprint density at radius 2 is 1.44 bits per heavy atom. The van der Waals surface area contributed by atoms with E-state index in [0.717, 1.165) is 22.3 Å². The maximum absolute atomic E-state index is 13.6. The van der Waals surface area contributed by atoms with E-state index in [1.807, 2.05) is 67.3 Å². The Labute approximate surface area is 246 Å². The summed E-state index contributed by atoms with van der Waals surface area (Å²) in [6.07, 6.45) is -9.83. The van der Waals surface area contributed by atoms with E-state index in [0.29, 0.717) is 25.1 Å². The van der Waals surface area contributed by atoms with Crippen molar-refractivity contribution in [2.75, 3.05) is 33.2 Å². The van der Waals surface area contributed by atoms with Crippen molar-refractivity contribution >= 4 is 11.8 Å². The molecule has 0 spiro atoms. The number of halogens is 6. The summed E-state index contributed by atoms with van der Waals surface area (Å²) in [5.41, 5.74) is 0.121. The molecule has 1 aliphatic heterocycles. The van der Waals surface area contributed by atoms with E-state index < -0.39 is 41.0 Å². The van der Waals surface area contributed by atoms with Gasteiger partial charge in [-0.1, -0.05) is 48.5 Å². The lowest BCUT2D eigenvalue weighted by Crippen LogP contribution is -2.57. The predicted octanol–water partition coefficient (Wildman–Crippen LogP) is 6.37. The molecule has 1 fully saturated rings. The molecule has 1 atom stereocenters. The van der Waals surface area contributed by atoms with Crippen LogP contribution in [0.25, 0.3) is 0 Å². The number of likely N-dealkylation sites (N-methyl/N-ethyl adjacent to an activating group) is 1. The molecule has 5 nitrogen and oxygen atoms in total. The molecule has 0 unspecified atom stereocenters. The first-order valence-electron chi connectivity index (χ1n) is 13.8. The van der Waals surface area contributed by atoms with Gasteiger partial charge in [0.25, 0.3) is 5.91 Å². The third-order valence-corrected chi connectivity index (χ3v) is 7.75. The molecule has 3 aromatic rings. The van der Waals surface area contributed by atoms with Crippen LogP contribution in [0.4, 0.5) is 26.3 Å². The molecule has 4 rings (SSSR count). The summed E-state index contributed by atoms with van der Waals surface area (Å²) < 4.78 is 81.1. The van der Waals surface area contributed by atoms with Crippen molar-refractivity contribution in [1.29, 1.82) is 0 Å². The highest BCUT2D eigenvalue weighted by Crippen LogP contribution is 2.37. The van der Waals surface area contributed by atoms with Gasteiger partial charge in [0.2, 0.25) is 5.91 Å². The Bertz CT molecular complexity index is 1420. The quantitative estimate of drug-likeness (QED) is 0.294. The topological polar surface area (TPSA) is 43.9 Å². The second-order valence-electron chi connectivity index (χ2n) is 11.0. The van der Waals surface area contributed by atoms with E-state index in [1.54, 1.807) is 11.9 Å². The van der Waals surface area contributed by atoms with Gasteiger partial charge in [0.05, 0.1) is 17.7 Å². The minimum Gasteiger partial charge on any atom is -0.340 e. The molecule has 1 heterocycles.